The SMILES string of the molecule is CCc1ccccc1NCc1cc(Br)cc([N+](=O)[O-])c1. The van der Waals surface area contributed by atoms with Crippen molar-refractivity contribution in [3.63, 3.8) is 0 Å². The summed E-state index contributed by atoms with van der Waals surface area (Å²) >= 11 is 3.30. The third-order valence-corrected chi connectivity index (χ3v) is 3.49. The molecule has 0 aromatic heterocycles. The van der Waals surface area contributed by atoms with Crippen LogP contribution in [0.4, 0.5) is 11.4 Å². The first kappa shape index (κ1) is 14.5. The zero-order valence-corrected chi connectivity index (χ0v) is 12.7. The Morgan fingerprint density at radius 2 is 2.00 bits per heavy atom. The Bertz CT molecular complexity index is 629. The van der Waals surface area contributed by atoms with Crippen LogP contribution in [-0.2, 0) is 13.0 Å². The Kier molecular flexibility index (Phi) is 4.74. The van der Waals surface area contributed by atoms with Crippen LogP contribution in [0.25, 0.3) is 0 Å². The highest BCUT2D eigenvalue weighted by atomic mass is 79.9. The fraction of sp³-hybridized carbons (Fsp3) is 0.200. The highest BCUT2D eigenvalue weighted by Crippen LogP contribution is 2.23. The number of rotatable bonds is 5. The van der Waals surface area contributed by atoms with E-state index in [-0.39, 0.29) is 10.6 Å². The molecule has 0 spiro atoms. The molecule has 0 aliphatic heterocycles. The van der Waals surface area contributed by atoms with Gasteiger partial charge in [0.15, 0.2) is 0 Å². The van der Waals surface area contributed by atoms with E-state index in [0.717, 1.165) is 17.7 Å². The maximum absolute atomic E-state index is 10.8. The zero-order chi connectivity index (χ0) is 14.5. The Morgan fingerprint density at radius 1 is 1.25 bits per heavy atom. The molecule has 0 aliphatic carbocycles. The molecule has 20 heavy (non-hydrogen) atoms. The van der Waals surface area contributed by atoms with Crippen LogP contribution in [-0.4, -0.2) is 4.92 Å². The smallest absolute Gasteiger partial charge is 0.270 e. The Morgan fingerprint density at radius 3 is 2.70 bits per heavy atom. The topological polar surface area (TPSA) is 55.2 Å². The first-order valence-electron chi connectivity index (χ1n) is 6.35. The van der Waals surface area contributed by atoms with E-state index in [9.17, 15) is 10.1 Å². The lowest BCUT2D eigenvalue weighted by Gasteiger charge is -2.11. The molecular weight excluding hydrogens is 320 g/mol. The van der Waals surface area contributed by atoms with Gasteiger partial charge in [-0.05, 0) is 29.7 Å². The van der Waals surface area contributed by atoms with Gasteiger partial charge in [-0.1, -0.05) is 41.1 Å². The molecule has 2 rings (SSSR count). The van der Waals surface area contributed by atoms with Gasteiger partial charge in [0, 0.05) is 28.8 Å². The molecule has 0 bridgehead atoms. The van der Waals surface area contributed by atoms with Gasteiger partial charge in [-0.25, -0.2) is 0 Å². The summed E-state index contributed by atoms with van der Waals surface area (Å²) in [6.07, 6.45) is 0.946. The predicted octanol–water partition coefficient (Wildman–Crippen LogP) is 4.53. The lowest BCUT2D eigenvalue weighted by atomic mass is 10.1. The van der Waals surface area contributed by atoms with Gasteiger partial charge in [-0.15, -0.1) is 0 Å². The monoisotopic (exact) mass is 334 g/mol. The molecular formula is C15H15BrN2O2. The molecule has 0 amide bonds. The van der Waals surface area contributed by atoms with Crippen LogP contribution in [0.1, 0.15) is 18.1 Å². The van der Waals surface area contributed by atoms with Crippen LogP contribution < -0.4 is 5.32 Å². The van der Waals surface area contributed by atoms with Gasteiger partial charge in [-0.2, -0.15) is 0 Å². The molecule has 2 aromatic rings. The minimum Gasteiger partial charge on any atom is -0.381 e. The van der Waals surface area contributed by atoms with Gasteiger partial charge in [0.2, 0.25) is 0 Å². The standard InChI is InChI=1S/C15H15BrN2O2/c1-2-12-5-3-4-6-15(12)17-10-11-7-13(16)9-14(8-11)18(19)20/h3-9,17H,2,10H2,1H3. The number of halogens is 1. The van der Waals surface area contributed by atoms with Crippen LogP contribution in [0.15, 0.2) is 46.9 Å². The molecule has 0 atom stereocenters. The van der Waals surface area contributed by atoms with Crippen LogP contribution >= 0.6 is 15.9 Å². The average Bonchev–Trinajstić information content (AvgIpc) is 2.44. The highest BCUT2D eigenvalue weighted by Gasteiger charge is 2.09. The molecule has 0 fully saturated rings. The Hall–Kier alpha value is -1.88. The van der Waals surface area contributed by atoms with Crippen molar-refractivity contribution in [2.24, 2.45) is 0 Å². The van der Waals surface area contributed by atoms with E-state index < -0.39 is 0 Å². The van der Waals surface area contributed by atoms with Crippen molar-refractivity contribution in [2.45, 2.75) is 19.9 Å². The summed E-state index contributed by atoms with van der Waals surface area (Å²) in [7, 11) is 0. The summed E-state index contributed by atoms with van der Waals surface area (Å²) in [6, 6.07) is 13.1. The van der Waals surface area contributed by atoms with Crippen molar-refractivity contribution in [1.29, 1.82) is 0 Å². The van der Waals surface area contributed by atoms with Gasteiger partial charge in [0.05, 0.1) is 4.92 Å². The first-order chi connectivity index (χ1) is 9.60. The second-order valence-electron chi connectivity index (χ2n) is 4.44. The van der Waals surface area contributed by atoms with E-state index in [4.69, 9.17) is 0 Å². The number of non-ortho nitro benzene ring substituents is 1. The second-order valence-corrected chi connectivity index (χ2v) is 5.35. The van der Waals surface area contributed by atoms with Crippen molar-refractivity contribution in [3.8, 4) is 0 Å². The van der Waals surface area contributed by atoms with E-state index in [1.165, 1.54) is 11.6 Å². The zero-order valence-electron chi connectivity index (χ0n) is 11.1. The predicted molar refractivity (Wildman–Crippen MR) is 83.9 cm³/mol. The summed E-state index contributed by atoms with van der Waals surface area (Å²) in [5, 5.41) is 14.2. The maximum Gasteiger partial charge on any atom is 0.270 e. The van der Waals surface area contributed by atoms with E-state index in [1.807, 2.05) is 24.3 Å². The Labute approximate surface area is 126 Å². The lowest BCUT2D eigenvalue weighted by molar-refractivity contribution is -0.385. The van der Waals surface area contributed by atoms with E-state index in [2.05, 4.69) is 34.2 Å². The van der Waals surface area contributed by atoms with E-state index in [0.29, 0.717) is 11.0 Å². The lowest BCUT2D eigenvalue weighted by Crippen LogP contribution is -2.02. The molecule has 0 heterocycles. The molecule has 0 radical (unpaired) electrons. The number of anilines is 1. The van der Waals surface area contributed by atoms with Gasteiger partial charge < -0.3 is 5.32 Å². The fourth-order valence-electron chi connectivity index (χ4n) is 2.04. The highest BCUT2D eigenvalue weighted by molar-refractivity contribution is 9.10. The molecule has 0 aliphatic rings. The van der Waals surface area contributed by atoms with Crippen LogP contribution in [0, 0.1) is 10.1 Å². The van der Waals surface area contributed by atoms with Gasteiger partial charge in [-0.3, -0.25) is 10.1 Å². The molecule has 1 N–H and O–H groups in total. The normalized spacial score (nSPS) is 10.3. The van der Waals surface area contributed by atoms with Crippen molar-refractivity contribution < 1.29 is 4.92 Å². The molecule has 104 valence electrons. The summed E-state index contributed by atoms with van der Waals surface area (Å²) in [6.45, 7) is 2.65. The van der Waals surface area contributed by atoms with Crippen LogP contribution in [0.2, 0.25) is 0 Å². The van der Waals surface area contributed by atoms with Gasteiger partial charge in [0.25, 0.3) is 5.69 Å². The third kappa shape index (κ3) is 3.57. The van der Waals surface area contributed by atoms with Crippen molar-refractivity contribution in [1.82, 2.24) is 0 Å². The summed E-state index contributed by atoms with van der Waals surface area (Å²) in [5.41, 5.74) is 3.27. The average molecular weight is 335 g/mol. The molecule has 4 nitrogen and oxygen atoms in total. The largest absolute Gasteiger partial charge is 0.381 e. The molecule has 2 aromatic carbocycles. The van der Waals surface area contributed by atoms with Crippen LogP contribution in [0.5, 0.6) is 0 Å². The number of nitrogens with one attached hydrogen (secondary N) is 1. The number of benzene rings is 2. The number of hydrogen-bond acceptors (Lipinski definition) is 3. The number of aryl methyl sites for hydroxylation is 1. The number of para-hydroxylation sites is 1. The number of nitrogens with zero attached hydrogens (tertiary/aromatic N) is 1. The summed E-state index contributed by atoms with van der Waals surface area (Å²) in [4.78, 5) is 10.5. The van der Waals surface area contributed by atoms with Crippen molar-refractivity contribution in [2.75, 3.05) is 5.32 Å². The van der Waals surface area contributed by atoms with Gasteiger partial charge in [0.1, 0.15) is 0 Å². The molecule has 5 heteroatoms. The number of nitro groups is 1. The summed E-state index contributed by atoms with van der Waals surface area (Å²) in [5.74, 6) is 0. The second kappa shape index (κ2) is 6.52. The van der Waals surface area contributed by atoms with E-state index >= 15 is 0 Å². The number of hydrogen-bond donors (Lipinski definition) is 1. The van der Waals surface area contributed by atoms with Gasteiger partial charge >= 0.3 is 0 Å². The molecule has 0 unspecified atom stereocenters. The fourth-order valence-corrected chi connectivity index (χ4v) is 2.57. The number of nitro benzene ring substituents is 1. The van der Waals surface area contributed by atoms with Crippen molar-refractivity contribution in [3.05, 3.63) is 68.2 Å². The van der Waals surface area contributed by atoms with E-state index in [1.54, 1.807) is 6.07 Å². The molecule has 0 saturated carbocycles. The first-order valence-corrected chi connectivity index (χ1v) is 7.15. The van der Waals surface area contributed by atoms with Crippen LogP contribution in [0.3, 0.4) is 0 Å². The third-order valence-electron chi connectivity index (χ3n) is 3.03. The minimum absolute atomic E-state index is 0.0972. The summed E-state index contributed by atoms with van der Waals surface area (Å²) < 4.78 is 0.715. The molecule has 0 saturated heterocycles. The van der Waals surface area contributed by atoms with Crippen molar-refractivity contribution >= 4 is 27.3 Å². The quantitative estimate of drug-likeness (QED) is 0.645. The minimum atomic E-state index is -0.381. The Balaban J connectivity index is 2.16. The maximum atomic E-state index is 10.8.